The van der Waals surface area contributed by atoms with Crippen LogP contribution in [0.25, 0.3) is 0 Å². The molecule has 3 aromatic rings. The smallest absolute Gasteiger partial charge is 0.189 e. The third kappa shape index (κ3) is 5.41. The summed E-state index contributed by atoms with van der Waals surface area (Å²) in [6, 6.07) is 12.8. The Hall–Kier alpha value is -2.28. The predicted octanol–water partition coefficient (Wildman–Crippen LogP) is 5.55. The van der Waals surface area contributed by atoms with Gasteiger partial charge in [-0.3, -0.25) is 4.79 Å². The quantitative estimate of drug-likeness (QED) is 0.277. The molecule has 0 fully saturated rings. The number of nitrogens with one attached hydrogen (secondary N) is 1. The van der Waals surface area contributed by atoms with Gasteiger partial charge in [0, 0.05) is 29.2 Å². The highest BCUT2D eigenvalue weighted by Gasteiger charge is 2.18. The molecule has 2 aromatic carbocycles. The number of carbonyl (C=O) groups excluding carboxylic acids is 1. The van der Waals surface area contributed by atoms with Crippen LogP contribution in [0, 0.1) is 0 Å². The van der Waals surface area contributed by atoms with Crippen LogP contribution in [0.15, 0.2) is 53.8 Å². The van der Waals surface area contributed by atoms with Crippen molar-refractivity contribution in [3.05, 3.63) is 75.4 Å². The van der Waals surface area contributed by atoms with E-state index < -0.39 is 0 Å². The SMILES string of the molecule is COc1ccc(CNc2nc(SC)ncc2C(=O)Cc2c(Cl)cccc2Cl)cc1. The fourth-order valence-electron chi connectivity index (χ4n) is 2.69. The topological polar surface area (TPSA) is 64.1 Å². The third-order valence-corrected chi connectivity index (χ3v) is 5.54. The molecule has 0 spiro atoms. The van der Waals surface area contributed by atoms with E-state index in [9.17, 15) is 4.79 Å². The molecule has 3 rings (SSSR count). The summed E-state index contributed by atoms with van der Waals surface area (Å²) in [5, 5.41) is 4.74. The van der Waals surface area contributed by atoms with Gasteiger partial charge in [0.05, 0.1) is 12.7 Å². The van der Waals surface area contributed by atoms with Crippen molar-refractivity contribution in [2.45, 2.75) is 18.1 Å². The Balaban J connectivity index is 1.83. The Labute approximate surface area is 183 Å². The van der Waals surface area contributed by atoms with Crippen molar-refractivity contribution >= 4 is 46.6 Å². The minimum absolute atomic E-state index is 0.0672. The maximum atomic E-state index is 13.0. The van der Waals surface area contributed by atoms with E-state index in [0.29, 0.717) is 38.7 Å². The zero-order chi connectivity index (χ0) is 20.8. The second-order valence-corrected chi connectivity index (χ2v) is 7.71. The molecule has 1 heterocycles. The van der Waals surface area contributed by atoms with E-state index in [-0.39, 0.29) is 12.2 Å². The van der Waals surface area contributed by atoms with E-state index in [1.54, 1.807) is 31.5 Å². The molecule has 5 nitrogen and oxygen atoms in total. The number of ketones is 1. The molecule has 8 heteroatoms. The van der Waals surface area contributed by atoms with Gasteiger partial charge in [-0.25, -0.2) is 9.97 Å². The zero-order valence-corrected chi connectivity index (χ0v) is 18.2. The van der Waals surface area contributed by atoms with E-state index in [4.69, 9.17) is 27.9 Å². The van der Waals surface area contributed by atoms with Gasteiger partial charge in [-0.2, -0.15) is 0 Å². The van der Waals surface area contributed by atoms with Gasteiger partial charge in [-0.1, -0.05) is 53.2 Å². The standard InChI is InChI=1S/C21H19Cl2N3O2S/c1-28-14-8-6-13(7-9-14)11-24-20-16(12-25-21(26-20)29-2)19(27)10-15-17(22)4-3-5-18(15)23/h3-9,12H,10-11H2,1-2H3,(H,24,25,26). The number of hydrogen-bond acceptors (Lipinski definition) is 6. The average Bonchev–Trinajstić information content (AvgIpc) is 2.75. The molecule has 0 aliphatic carbocycles. The number of hydrogen-bond donors (Lipinski definition) is 1. The third-order valence-electron chi connectivity index (χ3n) is 4.27. The molecule has 0 atom stereocenters. The zero-order valence-electron chi connectivity index (χ0n) is 15.9. The van der Waals surface area contributed by atoms with Crippen molar-refractivity contribution in [1.29, 1.82) is 0 Å². The summed E-state index contributed by atoms with van der Waals surface area (Å²) in [4.78, 5) is 21.7. The van der Waals surface area contributed by atoms with Gasteiger partial charge in [0.25, 0.3) is 0 Å². The molecule has 0 aliphatic heterocycles. The first-order valence-electron chi connectivity index (χ1n) is 8.75. The summed E-state index contributed by atoms with van der Waals surface area (Å²) in [7, 11) is 1.63. The predicted molar refractivity (Wildman–Crippen MR) is 119 cm³/mol. The molecule has 29 heavy (non-hydrogen) atoms. The van der Waals surface area contributed by atoms with Crippen LogP contribution in [-0.4, -0.2) is 29.1 Å². The summed E-state index contributed by atoms with van der Waals surface area (Å²) in [6.45, 7) is 0.502. The van der Waals surface area contributed by atoms with E-state index in [2.05, 4.69) is 15.3 Å². The molecule has 1 aromatic heterocycles. The summed E-state index contributed by atoms with van der Waals surface area (Å²) in [5.41, 5.74) is 2.02. The lowest BCUT2D eigenvalue weighted by Crippen LogP contribution is -2.12. The molecule has 0 amide bonds. The van der Waals surface area contributed by atoms with Gasteiger partial charge in [0.1, 0.15) is 11.6 Å². The van der Waals surface area contributed by atoms with E-state index in [0.717, 1.165) is 11.3 Å². The fourth-order valence-corrected chi connectivity index (χ4v) is 3.56. The van der Waals surface area contributed by atoms with Crippen LogP contribution < -0.4 is 10.1 Å². The number of Topliss-reactive ketones (excluding diaryl/α,β-unsaturated/α-hetero) is 1. The monoisotopic (exact) mass is 447 g/mol. The molecule has 0 aliphatic rings. The summed E-state index contributed by atoms with van der Waals surface area (Å²) in [6.07, 6.45) is 3.49. The first-order chi connectivity index (χ1) is 14.0. The van der Waals surface area contributed by atoms with Crippen molar-refractivity contribution < 1.29 is 9.53 Å². The van der Waals surface area contributed by atoms with Crippen LogP contribution in [0.3, 0.4) is 0 Å². The van der Waals surface area contributed by atoms with Gasteiger partial charge >= 0.3 is 0 Å². The molecular formula is C21H19Cl2N3O2S. The lowest BCUT2D eigenvalue weighted by Gasteiger charge is -2.12. The van der Waals surface area contributed by atoms with Crippen molar-refractivity contribution in [1.82, 2.24) is 9.97 Å². The number of nitrogens with zero attached hydrogens (tertiary/aromatic N) is 2. The highest BCUT2D eigenvalue weighted by Crippen LogP contribution is 2.27. The van der Waals surface area contributed by atoms with E-state index in [1.165, 1.54) is 11.8 Å². The van der Waals surface area contributed by atoms with Crippen molar-refractivity contribution in [2.75, 3.05) is 18.7 Å². The van der Waals surface area contributed by atoms with Gasteiger partial charge in [0.15, 0.2) is 10.9 Å². The van der Waals surface area contributed by atoms with Gasteiger partial charge in [-0.15, -0.1) is 0 Å². The lowest BCUT2D eigenvalue weighted by molar-refractivity contribution is 0.0993. The number of rotatable bonds is 8. The largest absolute Gasteiger partial charge is 0.497 e. The number of anilines is 1. The second kappa shape index (κ2) is 9.96. The maximum Gasteiger partial charge on any atom is 0.189 e. The number of methoxy groups -OCH3 is 1. The van der Waals surface area contributed by atoms with Crippen LogP contribution >= 0.6 is 35.0 Å². The average molecular weight is 448 g/mol. The van der Waals surface area contributed by atoms with Crippen LogP contribution in [0.5, 0.6) is 5.75 Å². The maximum absolute atomic E-state index is 13.0. The van der Waals surface area contributed by atoms with Gasteiger partial charge < -0.3 is 10.1 Å². The Morgan fingerprint density at radius 3 is 2.45 bits per heavy atom. The summed E-state index contributed by atoms with van der Waals surface area (Å²) in [5.74, 6) is 1.10. The molecular weight excluding hydrogens is 429 g/mol. The number of halogens is 2. The Kier molecular flexibility index (Phi) is 7.36. The molecule has 0 radical (unpaired) electrons. The normalized spacial score (nSPS) is 10.6. The molecule has 0 unspecified atom stereocenters. The van der Waals surface area contributed by atoms with Crippen LogP contribution in [0.2, 0.25) is 10.0 Å². The second-order valence-electron chi connectivity index (χ2n) is 6.12. The van der Waals surface area contributed by atoms with E-state index >= 15 is 0 Å². The first kappa shape index (κ1) is 21.4. The van der Waals surface area contributed by atoms with Crippen LogP contribution in [-0.2, 0) is 13.0 Å². The van der Waals surface area contributed by atoms with Gasteiger partial charge in [0.2, 0.25) is 0 Å². The summed E-state index contributed by atoms with van der Waals surface area (Å²) >= 11 is 13.8. The Bertz CT molecular complexity index is 993. The highest BCUT2D eigenvalue weighted by molar-refractivity contribution is 7.98. The summed E-state index contributed by atoms with van der Waals surface area (Å²) < 4.78 is 5.18. The molecule has 150 valence electrons. The Morgan fingerprint density at radius 2 is 1.83 bits per heavy atom. The fraction of sp³-hybridized carbons (Fsp3) is 0.190. The van der Waals surface area contributed by atoms with E-state index in [1.807, 2.05) is 30.5 Å². The molecule has 1 N–H and O–H groups in total. The number of ether oxygens (including phenoxy) is 1. The highest BCUT2D eigenvalue weighted by atomic mass is 35.5. The van der Waals surface area contributed by atoms with Crippen molar-refractivity contribution in [2.24, 2.45) is 0 Å². The minimum Gasteiger partial charge on any atom is -0.497 e. The lowest BCUT2D eigenvalue weighted by atomic mass is 10.0. The Morgan fingerprint density at radius 1 is 1.14 bits per heavy atom. The number of thioether (sulfide) groups is 1. The van der Waals surface area contributed by atoms with Crippen LogP contribution in [0.1, 0.15) is 21.5 Å². The van der Waals surface area contributed by atoms with Crippen molar-refractivity contribution in [3.8, 4) is 5.75 Å². The molecule has 0 bridgehead atoms. The minimum atomic E-state index is -0.162. The number of carbonyl (C=O) groups is 1. The van der Waals surface area contributed by atoms with Crippen LogP contribution in [0.4, 0.5) is 5.82 Å². The van der Waals surface area contributed by atoms with Gasteiger partial charge in [-0.05, 0) is 41.6 Å². The molecule has 0 saturated heterocycles. The molecule has 0 saturated carbocycles. The number of aromatic nitrogens is 2. The van der Waals surface area contributed by atoms with Crippen molar-refractivity contribution in [3.63, 3.8) is 0 Å². The first-order valence-corrected chi connectivity index (χ1v) is 10.7. The number of benzene rings is 2.